The molecule has 3 atom stereocenters. The highest BCUT2D eigenvalue weighted by Crippen LogP contribution is 2.53. The van der Waals surface area contributed by atoms with Gasteiger partial charge in [0.1, 0.15) is 0 Å². The summed E-state index contributed by atoms with van der Waals surface area (Å²) in [4.78, 5) is 0. The number of fused-ring (bicyclic) bond motifs is 1. The lowest BCUT2D eigenvalue weighted by Gasteiger charge is -2.56. The SMILES string of the molecule is CC(C)(C)[Si](C)(C)OC[C@@H]1C[C@@H]2CCCC[C@]12O. The summed E-state index contributed by atoms with van der Waals surface area (Å²) in [6.07, 6.45) is 5.92. The summed E-state index contributed by atoms with van der Waals surface area (Å²) >= 11 is 0. The van der Waals surface area contributed by atoms with E-state index in [1.165, 1.54) is 25.7 Å². The molecule has 2 nitrogen and oxygen atoms in total. The highest BCUT2D eigenvalue weighted by Gasteiger charge is 2.54. The van der Waals surface area contributed by atoms with E-state index in [0.29, 0.717) is 11.8 Å². The zero-order valence-corrected chi connectivity index (χ0v) is 13.8. The average Bonchev–Trinajstić information content (AvgIpc) is 2.22. The number of hydrogen-bond acceptors (Lipinski definition) is 2. The molecule has 0 saturated heterocycles. The summed E-state index contributed by atoms with van der Waals surface area (Å²) in [6.45, 7) is 12.2. The Labute approximate surface area is 113 Å². The van der Waals surface area contributed by atoms with E-state index < -0.39 is 8.32 Å². The molecule has 0 aromatic heterocycles. The van der Waals surface area contributed by atoms with Crippen molar-refractivity contribution >= 4 is 8.32 Å². The topological polar surface area (TPSA) is 29.5 Å². The highest BCUT2D eigenvalue weighted by atomic mass is 28.4. The van der Waals surface area contributed by atoms with Gasteiger partial charge in [-0.3, -0.25) is 0 Å². The van der Waals surface area contributed by atoms with E-state index in [-0.39, 0.29) is 10.6 Å². The lowest BCUT2D eigenvalue weighted by Crippen LogP contribution is -2.59. The molecule has 3 heteroatoms. The fourth-order valence-electron chi connectivity index (χ4n) is 3.24. The molecule has 0 heterocycles. The van der Waals surface area contributed by atoms with Crippen LogP contribution in [0.15, 0.2) is 0 Å². The van der Waals surface area contributed by atoms with Gasteiger partial charge in [0.2, 0.25) is 0 Å². The molecule has 0 aromatic rings. The standard InChI is InChI=1S/C15H30O2Si/c1-14(2,3)18(4,5)17-11-13-10-12-8-6-7-9-15(12,13)16/h12-13,16H,6-11H2,1-5H3/t12-,13-,15+/m0/s1. The van der Waals surface area contributed by atoms with E-state index in [1.807, 2.05) is 0 Å². The van der Waals surface area contributed by atoms with Crippen molar-refractivity contribution in [3.63, 3.8) is 0 Å². The Morgan fingerprint density at radius 1 is 1.28 bits per heavy atom. The summed E-state index contributed by atoms with van der Waals surface area (Å²) in [7, 11) is -1.65. The molecule has 0 spiro atoms. The van der Waals surface area contributed by atoms with E-state index in [9.17, 15) is 5.11 Å². The second-order valence-electron chi connectivity index (χ2n) is 7.94. The normalized spacial score (nSPS) is 37.0. The molecule has 18 heavy (non-hydrogen) atoms. The van der Waals surface area contributed by atoms with Crippen molar-refractivity contribution in [1.82, 2.24) is 0 Å². The second kappa shape index (κ2) is 4.60. The van der Waals surface area contributed by atoms with Crippen LogP contribution in [-0.4, -0.2) is 25.6 Å². The van der Waals surface area contributed by atoms with Crippen LogP contribution in [0.25, 0.3) is 0 Å². The molecule has 0 radical (unpaired) electrons. The largest absolute Gasteiger partial charge is 0.416 e. The monoisotopic (exact) mass is 270 g/mol. The third-order valence-corrected chi connectivity index (χ3v) is 10.3. The van der Waals surface area contributed by atoms with Crippen LogP contribution < -0.4 is 0 Å². The Morgan fingerprint density at radius 3 is 2.50 bits per heavy atom. The Hall–Kier alpha value is 0.137. The molecule has 2 rings (SSSR count). The minimum absolute atomic E-state index is 0.269. The first-order chi connectivity index (χ1) is 8.17. The summed E-state index contributed by atoms with van der Waals surface area (Å²) in [6, 6.07) is 0. The van der Waals surface area contributed by atoms with Crippen molar-refractivity contribution < 1.29 is 9.53 Å². The van der Waals surface area contributed by atoms with Crippen LogP contribution in [0.3, 0.4) is 0 Å². The van der Waals surface area contributed by atoms with Gasteiger partial charge in [-0.25, -0.2) is 0 Å². The van der Waals surface area contributed by atoms with Gasteiger partial charge in [-0.2, -0.15) is 0 Å². The zero-order valence-electron chi connectivity index (χ0n) is 12.8. The van der Waals surface area contributed by atoms with Gasteiger partial charge in [0.05, 0.1) is 5.60 Å². The molecule has 0 unspecified atom stereocenters. The molecule has 1 N–H and O–H groups in total. The van der Waals surface area contributed by atoms with Gasteiger partial charge in [-0.15, -0.1) is 0 Å². The van der Waals surface area contributed by atoms with Gasteiger partial charge in [0, 0.05) is 12.5 Å². The summed E-state index contributed by atoms with van der Waals surface area (Å²) in [5.41, 5.74) is -0.374. The van der Waals surface area contributed by atoms with Gasteiger partial charge in [-0.1, -0.05) is 33.6 Å². The Morgan fingerprint density at radius 2 is 1.94 bits per heavy atom. The van der Waals surface area contributed by atoms with Gasteiger partial charge in [0.15, 0.2) is 8.32 Å². The van der Waals surface area contributed by atoms with Crippen LogP contribution in [0, 0.1) is 11.8 Å². The minimum atomic E-state index is -1.65. The van der Waals surface area contributed by atoms with E-state index in [1.54, 1.807) is 0 Å². The van der Waals surface area contributed by atoms with Crippen molar-refractivity contribution in [3.8, 4) is 0 Å². The van der Waals surface area contributed by atoms with Crippen LogP contribution in [0.2, 0.25) is 18.1 Å². The van der Waals surface area contributed by atoms with Gasteiger partial charge < -0.3 is 9.53 Å². The number of hydrogen-bond donors (Lipinski definition) is 1. The summed E-state index contributed by atoms with van der Waals surface area (Å²) < 4.78 is 6.29. The smallest absolute Gasteiger partial charge is 0.191 e. The first-order valence-corrected chi connectivity index (χ1v) is 10.4. The molecule has 0 amide bonds. The lowest BCUT2D eigenvalue weighted by atomic mass is 9.55. The summed E-state index contributed by atoms with van der Waals surface area (Å²) in [5, 5.41) is 11.0. The van der Waals surface area contributed by atoms with Crippen molar-refractivity contribution in [2.75, 3.05) is 6.61 Å². The van der Waals surface area contributed by atoms with E-state index >= 15 is 0 Å². The second-order valence-corrected chi connectivity index (χ2v) is 12.7. The predicted octanol–water partition coefficient (Wildman–Crippen LogP) is 3.95. The maximum absolute atomic E-state index is 10.7. The van der Waals surface area contributed by atoms with Crippen LogP contribution in [-0.2, 0) is 4.43 Å². The summed E-state index contributed by atoms with van der Waals surface area (Å²) in [5.74, 6) is 0.969. The average molecular weight is 270 g/mol. The first-order valence-electron chi connectivity index (χ1n) is 7.53. The Balaban J connectivity index is 1.89. The molecule has 2 fully saturated rings. The molecule has 2 aliphatic rings. The van der Waals surface area contributed by atoms with Crippen LogP contribution in [0.5, 0.6) is 0 Å². The molecule has 0 aliphatic heterocycles. The Bertz CT molecular complexity index is 308. The van der Waals surface area contributed by atoms with Crippen molar-refractivity contribution in [1.29, 1.82) is 0 Å². The minimum Gasteiger partial charge on any atom is -0.416 e. The van der Waals surface area contributed by atoms with Gasteiger partial charge in [-0.05, 0) is 43.3 Å². The fraction of sp³-hybridized carbons (Fsp3) is 1.00. The van der Waals surface area contributed by atoms with Crippen LogP contribution in [0.1, 0.15) is 52.9 Å². The number of aliphatic hydroxyl groups is 1. The zero-order chi connectivity index (χ0) is 13.6. The number of rotatable bonds is 3. The molecule has 2 saturated carbocycles. The van der Waals surface area contributed by atoms with E-state index in [0.717, 1.165) is 13.0 Å². The van der Waals surface area contributed by atoms with Crippen LogP contribution >= 0.6 is 0 Å². The maximum atomic E-state index is 10.7. The molecule has 106 valence electrons. The third kappa shape index (κ3) is 2.41. The van der Waals surface area contributed by atoms with Gasteiger partial charge >= 0.3 is 0 Å². The van der Waals surface area contributed by atoms with Crippen LogP contribution in [0.4, 0.5) is 0 Å². The molecule has 0 aromatic carbocycles. The molecule has 2 aliphatic carbocycles. The highest BCUT2D eigenvalue weighted by molar-refractivity contribution is 6.74. The van der Waals surface area contributed by atoms with Crippen molar-refractivity contribution in [2.45, 2.75) is 76.6 Å². The maximum Gasteiger partial charge on any atom is 0.191 e. The fourth-order valence-corrected chi connectivity index (χ4v) is 4.29. The molecular formula is C15H30O2Si. The first kappa shape index (κ1) is 14.5. The molecule has 0 bridgehead atoms. The lowest BCUT2D eigenvalue weighted by molar-refractivity contribution is -0.182. The third-order valence-electron chi connectivity index (χ3n) is 5.81. The van der Waals surface area contributed by atoms with Gasteiger partial charge in [0.25, 0.3) is 0 Å². The van der Waals surface area contributed by atoms with Crippen molar-refractivity contribution in [3.05, 3.63) is 0 Å². The predicted molar refractivity (Wildman–Crippen MR) is 78.2 cm³/mol. The van der Waals surface area contributed by atoms with E-state index in [4.69, 9.17) is 4.43 Å². The van der Waals surface area contributed by atoms with Crippen molar-refractivity contribution in [2.24, 2.45) is 11.8 Å². The quantitative estimate of drug-likeness (QED) is 0.787. The Kier molecular flexibility index (Phi) is 3.72. The van der Waals surface area contributed by atoms with E-state index in [2.05, 4.69) is 33.9 Å². The molecular weight excluding hydrogens is 240 g/mol.